The van der Waals surface area contributed by atoms with Gasteiger partial charge in [-0.3, -0.25) is 14.3 Å². The SMILES string of the molecule is Cn1c(N)c(NC(C)(C)C(C)(C)O)c(=O)[nH]c1=O. The highest BCUT2D eigenvalue weighted by Crippen LogP contribution is 2.26. The Morgan fingerprint density at radius 2 is 1.78 bits per heavy atom. The Kier molecular flexibility index (Phi) is 3.31. The second-order valence-electron chi connectivity index (χ2n) is 5.39. The molecule has 0 amide bonds. The average molecular weight is 256 g/mol. The Balaban J connectivity index is 3.34. The van der Waals surface area contributed by atoms with Gasteiger partial charge in [0, 0.05) is 7.05 Å². The molecule has 0 unspecified atom stereocenters. The zero-order valence-electron chi connectivity index (χ0n) is 11.3. The van der Waals surface area contributed by atoms with E-state index in [1.165, 1.54) is 7.05 Å². The van der Waals surface area contributed by atoms with Crippen LogP contribution in [0, 0.1) is 0 Å². The molecule has 0 saturated carbocycles. The fraction of sp³-hybridized carbons (Fsp3) is 0.636. The van der Waals surface area contributed by atoms with E-state index >= 15 is 0 Å². The van der Waals surface area contributed by atoms with Gasteiger partial charge in [0.1, 0.15) is 11.5 Å². The van der Waals surface area contributed by atoms with Crippen LogP contribution in [-0.4, -0.2) is 25.8 Å². The molecule has 7 heteroatoms. The van der Waals surface area contributed by atoms with E-state index in [1.807, 2.05) is 0 Å². The summed E-state index contributed by atoms with van der Waals surface area (Å²) in [6.45, 7) is 6.70. The van der Waals surface area contributed by atoms with E-state index in [0.29, 0.717) is 0 Å². The molecule has 0 bridgehead atoms. The first-order chi connectivity index (χ1) is 7.97. The van der Waals surface area contributed by atoms with Gasteiger partial charge in [-0.2, -0.15) is 0 Å². The molecule has 1 heterocycles. The van der Waals surface area contributed by atoms with Crippen molar-refractivity contribution in [2.24, 2.45) is 7.05 Å². The van der Waals surface area contributed by atoms with E-state index in [2.05, 4.69) is 10.3 Å². The summed E-state index contributed by atoms with van der Waals surface area (Å²) in [6, 6.07) is 0. The molecule has 7 nitrogen and oxygen atoms in total. The second kappa shape index (κ2) is 4.16. The monoisotopic (exact) mass is 256 g/mol. The highest BCUT2D eigenvalue weighted by molar-refractivity contribution is 5.61. The van der Waals surface area contributed by atoms with Gasteiger partial charge in [-0.1, -0.05) is 0 Å². The van der Waals surface area contributed by atoms with Crippen LogP contribution in [0.25, 0.3) is 0 Å². The van der Waals surface area contributed by atoms with Crippen LogP contribution in [0.15, 0.2) is 9.59 Å². The van der Waals surface area contributed by atoms with Crippen LogP contribution in [0.5, 0.6) is 0 Å². The zero-order chi connectivity index (χ0) is 14.3. The molecule has 5 N–H and O–H groups in total. The van der Waals surface area contributed by atoms with Crippen molar-refractivity contribution < 1.29 is 5.11 Å². The minimum Gasteiger partial charge on any atom is -0.388 e. The van der Waals surface area contributed by atoms with Crippen LogP contribution in [0.1, 0.15) is 27.7 Å². The standard InChI is InChI=1S/C11H20N4O3/c1-10(2,11(3,4)18)14-6-7(12)15(5)9(17)13-8(6)16/h14,18H,12H2,1-5H3,(H,13,16,17). The van der Waals surface area contributed by atoms with E-state index in [0.717, 1.165) is 4.57 Å². The normalized spacial score (nSPS) is 12.6. The molecule has 1 rings (SSSR count). The lowest BCUT2D eigenvalue weighted by atomic mass is 9.86. The largest absolute Gasteiger partial charge is 0.388 e. The first-order valence-electron chi connectivity index (χ1n) is 5.56. The number of aliphatic hydroxyl groups is 1. The Hall–Kier alpha value is -1.76. The van der Waals surface area contributed by atoms with Crippen LogP contribution in [0.3, 0.4) is 0 Å². The summed E-state index contributed by atoms with van der Waals surface area (Å²) in [7, 11) is 1.45. The summed E-state index contributed by atoms with van der Waals surface area (Å²) in [6.07, 6.45) is 0. The lowest BCUT2D eigenvalue weighted by Crippen LogP contribution is -2.52. The van der Waals surface area contributed by atoms with Crippen molar-refractivity contribution in [3.05, 3.63) is 20.8 Å². The van der Waals surface area contributed by atoms with Gasteiger partial charge in [-0.05, 0) is 27.7 Å². The molecular weight excluding hydrogens is 236 g/mol. The van der Waals surface area contributed by atoms with Crippen LogP contribution in [0.4, 0.5) is 11.5 Å². The Morgan fingerprint density at radius 1 is 1.28 bits per heavy atom. The fourth-order valence-electron chi connectivity index (χ4n) is 1.22. The Bertz CT molecular complexity index is 563. The number of hydrogen-bond donors (Lipinski definition) is 4. The molecule has 0 radical (unpaired) electrons. The van der Waals surface area contributed by atoms with Crippen molar-refractivity contribution in [3.8, 4) is 0 Å². The highest BCUT2D eigenvalue weighted by atomic mass is 16.3. The number of rotatable bonds is 3. The first-order valence-corrected chi connectivity index (χ1v) is 5.56. The number of nitrogen functional groups attached to an aromatic ring is 1. The minimum atomic E-state index is -1.08. The van der Waals surface area contributed by atoms with Gasteiger partial charge in [-0.25, -0.2) is 4.79 Å². The maximum Gasteiger partial charge on any atom is 0.329 e. The molecule has 0 spiro atoms. The van der Waals surface area contributed by atoms with Crippen molar-refractivity contribution >= 4 is 11.5 Å². The van der Waals surface area contributed by atoms with Gasteiger partial charge in [0.25, 0.3) is 5.56 Å². The van der Waals surface area contributed by atoms with Gasteiger partial charge < -0.3 is 16.2 Å². The quantitative estimate of drug-likeness (QED) is 0.588. The van der Waals surface area contributed by atoms with E-state index in [9.17, 15) is 14.7 Å². The van der Waals surface area contributed by atoms with E-state index < -0.39 is 22.4 Å². The maximum atomic E-state index is 11.7. The number of nitrogens with zero attached hydrogens (tertiary/aromatic N) is 1. The maximum absolute atomic E-state index is 11.7. The second-order valence-corrected chi connectivity index (χ2v) is 5.39. The highest BCUT2D eigenvalue weighted by Gasteiger charge is 2.36. The third-order valence-corrected chi connectivity index (χ3v) is 3.34. The van der Waals surface area contributed by atoms with Crippen LogP contribution in [0.2, 0.25) is 0 Å². The zero-order valence-corrected chi connectivity index (χ0v) is 11.3. The van der Waals surface area contributed by atoms with Crippen molar-refractivity contribution in [2.75, 3.05) is 11.1 Å². The summed E-state index contributed by atoms with van der Waals surface area (Å²) in [5.74, 6) is 0.0288. The van der Waals surface area contributed by atoms with E-state index in [1.54, 1.807) is 27.7 Å². The van der Waals surface area contributed by atoms with Crippen LogP contribution >= 0.6 is 0 Å². The molecular formula is C11H20N4O3. The van der Waals surface area contributed by atoms with Crippen molar-refractivity contribution in [2.45, 2.75) is 38.8 Å². The van der Waals surface area contributed by atoms with Crippen LogP contribution in [-0.2, 0) is 7.05 Å². The lowest BCUT2D eigenvalue weighted by Gasteiger charge is -2.38. The third kappa shape index (κ3) is 2.40. The summed E-state index contributed by atoms with van der Waals surface area (Å²) >= 11 is 0. The number of anilines is 2. The number of nitrogens with two attached hydrogens (primary N) is 1. The molecule has 0 saturated heterocycles. The third-order valence-electron chi connectivity index (χ3n) is 3.34. The van der Waals surface area contributed by atoms with E-state index in [4.69, 9.17) is 5.73 Å². The minimum absolute atomic E-state index is 0.0288. The molecule has 0 aromatic carbocycles. The lowest BCUT2D eigenvalue weighted by molar-refractivity contribution is 0.0240. The van der Waals surface area contributed by atoms with Gasteiger partial charge >= 0.3 is 5.69 Å². The summed E-state index contributed by atoms with van der Waals surface area (Å²) in [5.41, 5.74) is 2.74. The van der Waals surface area contributed by atoms with Gasteiger partial charge in [0.2, 0.25) is 0 Å². The van der Waals surface area contributed by atoms with Gasteiger partial charge in [-0.15, -0.1) is 0 Å². The van der Waals surface area contributed by atoms with E-state index in [-0.39, 0.29) is 11.5 Å². The molecule has 0 aliphatic heterocycles. The average Bonchev–Trinajstić information content (AvgIpc) is 2.20. The summed E-state index contributed by atoms with van der Waals surface area (Å²) < 4.78 is 1.13. The number of aromatic amines is 1. The summed E-state index contributed by atoms with van der Waals surface area (Å²) in [4.78, 5) is 25.2. The number of hydrogen-bond acceptors (Lipinski definition) is 5. The molecule has 18 heavy (non-hydrogen) atoms. The van der Waals surface area contributed by atoms with Gasteiger partial charge in [0.05, 0.1) is 11.1 Å². The van der Waals surface area contributed by atoms with Crippen molar-refractivity contribution in [3.63, 3.8) is 0 Å². The molecule has 0 fully saturated rings. The molecule has 0 atom stereocenters. The molecule has 1 aromatic heterocycles. The van der Waals surface area contributed by atoms with Crippen LogP contribution < -0.4 is 22.3 Å². The molecule has 1 aromatic rings. The van der Waals surface area contributed by atoms with Gasteiger partial charge in [0.15, 0.2) is 0 Å². The smallest absolute Gasteiger partial charge is 0.329 e. The Labute approximate surface area is 105 Å². The molecule has 102 valence electrons. The number of nitrogens with one attached hydrogen (secondary N) is 2. The molecule has 0 aliphatic rings. The number of H-pyrrole nitrogens is 1. The predicted octanol–water partition coefficient (Wildman–Crippen LogP) is -0.383. The predicted molar refractivity (Wildman–Crippen MR) is 70.7 cm³/mol. The number of aromatic nitrogens is 2. The Morgan fingerprint density at radius 3 is 2.22 bits per heavy atom. The molecule has 0 aliphatic carbocycles. The van der Waals surface area contributed by atoms with Crippen molar-refractivity contribution in [1.29, 1.82) is 0 Å². The first kappa shape index (κ1) is 14.3. The van der Waals surface area contributed by atoms with Crippen molar-refractivity contribution in [1.82, 2.24) is 9.55 Å². The topological polar surface area (TPSA) is 113 Å². The fourth-order valence-corrected chi connectivity index (χ4v) is 1.22. The summed E-state index contributed by atoms with van der Waals surface area (Å²) in [5, 5.41) is 12.9.